The van der Waals surface area contributed by atoms with E-state index in [9.17, 15) is 9.59 Å². The number of nitrogens with one attached hydrogen (secondary N) is 1. The molecule has 1 N–H and O–H groups in total. The predicted octanol–water partition coefficient (Wildman–Crippen LogP) is 2.10. The van der Waals surface area contributed by atoms with Crippen LogP contribution < -0.4 is 5.32 Å². The Hall–Kier alpha value is -2.14. The fourth-order valence-corrected chi connectivity index (χ4v) is 2.86. The van der Waals surface area contributed by atoms with E-state index in [2.05, 4.69) is 11.9 Å². The molecule has 124 valence electrons. The van der Waals surface area contributed by atoms with Crippen LogP contribution in [0.2, 0.25) is 0 Å². The molecule has 0 fully saturated rings. The van der Waals surface area contributed by atoms with Crippen LogP contribution in [0.3, 0.4) is 0 Å². The molecular weight excluding hydrogens is 294 g/mol. The van der Waals surface area contributed by atoms with E-state index in [0.29, 0.717) is 6.42 Å². The normalized spacial score (nSPS) is 20.4. The summed E-state index contributed by atoms with van der Waals surface area (Å²) in [5, 5.41) is 2.87. The van der Waals surface area contributed by atoms with E-state index in [-0.39, 0.29) is 19.1 Å². The summed E-state index contributed by atoms with van der Waals surface area (Å²) in [5.41, 5.74) is 0.735. The summed E-state index contributed by atoms with van der Waals surface area (Å²) in [5.74, 6) is -0.758. The average Bonchev–Trinajstić information content (AvgIpc) is 2.93. The van der Waals surface area contributed by atoms with Gasteiger partial charge in [0.15, 0.2) is 5.54 Å². The average molecular weight is 317 g/mol. The second kappa shape index (κ2) is 7.42. The van der Waals surface area contributed by atoms with E-state index in [4.69, 9.17) is 9.47 Å². The quantitative estimate of drug-likeness (QED) is 0.618. The minimum atomic E-state index is -1.13. The maximum atomic E-state index is 12.6. The van der Waals surface area contributed by atoms with Gasteiger partial charge in [-0.2, -0.15) is 0 Å². The highest BCUT2D eigenvalue weighted by Gasteiger charge is 2.48. The van der Waals surface area contributed by atoms with Gasteiger partial charge in [-0.1, -0.05) is 30.3 Å². The van der Waals surface area contributed by atoms with Crippen molar-refractivity contribution in [1.82, 2.24) is 5.32 Å². The molecule has 0 saturated heterocycles. The molecule has 5 nitrogen and oxygen atoms in total. The molecule has 2 rings (SSSR count). The van der Waals surface area contributed by atoms with Gasteiger partial charge in [0.1, 0.15) is 6.10 Å². The minimum Gasteiger partial charge on any atom is -0.464 e. The number of ether oxygens (including phenoxy) is 2. The number of amides is 1. The van der Waals surface area contributed by atoms with Gasteiger partial charge in [-0.05, 0) is 37.8 Å². The predicted molar refractivity (Wildman–Crippen MR) is 86.8 cm³/mol. The van der Waals surface area contributed by atoms with E-state index in [0.717, 1.165) is 17.5 Å². The molecule has 5 heteroatoms. The monoisotopic (exact) mass is 317 g/mol. The van der Waals surface area contributed by atoms with Crippen LogP contribution in [0.5, 0.6) is 0 Å². The number of fused-ring (bicyclic) bond motifs is 1. The largest absolute Gasteiger partial charge is 0.464 e. The summed E-state index contributed by atoms with van der Waals surface area (Å²) in [4.78, 5) is 25.1. The lowest BCUT2D eigenvalue weighted by Crippen LogP contribution is -2.54. The lowest BCUT2D eigenvalue weighted by atomic mass is 9.91. The third-order valence-corrected chi connectivity index (χ3v) is 4.04. The van der Waals surface area contributed by atoms with Crippen molar-refractivity contribution in [3.63, 3.8) is 0 Å². The molecule has 1 aromatic rings. The number of carbonyl (C=O) groups excluding carboxylic acids is 2. The third kappa shape index (κ3) is 3.45. The molecule has 0 radical (unpaired) electrons. The van der Waals surface area contributed by atoms with Crippen molar-refractivity contribution < 1.29 is 19.1 Å². The maximum Gasteiger partial charge on any atom is 0.336 e. The van der Waals surface area contributed by atoms with Crippen molar-refractivity contribution in [2.24, 2.45) is 0 Å². The second-order valence-corrected chi connectivity index (χ2v) is 5.54. The Morgan fingerprint density at radius 1 is 1.43 bits per heavy atom. The van der Waals surface area contributed by atoms with E-state index < -0.39 is 17.6 Å². The standard InChI is InChI=1S/C18H23NO4/c1-4-12-23-13(3)16(20)19-18(17(21)22-5-2)11-10-14-8-6-7-9-15(14)18/h4,6-9,13H,1,5,10-12H2,2-3H3,(H,19,20)/t13-,18-/m0/s1. The maximum absolute atomic E-state index is 12.6. The molecule has 0 spiro atoms. The third-order valence-electron chi connectivity index (χ3n) is 4.04. The molecule has 0 bridgehead atoms. The van der Waals surface area contributed by atoms with Crippen molar-refractivity contribution in [3.05, 3.63) is 48.0 Å². The van der Waals surface area contributed by atoms with Crippen molar-refractivity contribution in [2.45, 2.75) is 38.3 Å². The van der Waals surface area contributed by atoms with Crippen LogP contribution in [-0.4, -0.2) is 31.2 Å². The topological polar surface area (TPSA) is 64.6 Å². The van der Waals surface area contributed by atoms with Crippen LogP contribution in [-0.2, 0) is 31.0 Å². The van der Waals surface area contributed by atoms with E-state index in [1.54, 1.807) is 19.9 Å². The van der Waals surface area contributed by atoms with Crippen molar-refractivity contribution >= 4 is 11.9 Å². The van der Waals surface area contributed by atoms with Gasteiger partial charge >= 0.3 is 5.97 Å². The lowest BCUT2D eigenvalue weighted by Gasteiger charge is -2.30. The molecule has 1 amide bonds. The summed E-state index contributed by atoms with van der Waals surface area (Å²) in [6, 6.07) is 7.63. The van der Waals surface area contributed by atoms with Gasteiger partial charge in [0.2, 0.25) is 5.91 Å². The van der Waals surface area contributed by atoms with Gasteiger partial charge in [0.05, 0.1) is 13.2 Å². The SMILES string of the molecule is C=CCO[C@@H](C)C(=O)N[C@@]1(C(=O)OCC)CCc2ccccc21. The number of carbonyl (C=O) groups is 2. The molecule has 0 heterocycles. The highest BCUT2D eigenvalue weighted by Crippen LogP contribution is 2.38. The van der Waals surface area contributed by atoms with Crippen LogP contribution in [0, 0.1) is 0 Å². The van der Waals surface area contributed by atoms with Gasteiger partial charge < -0.3 is 14.8 Å². The number of aryl methyl sites for hydroxylation is 1. The number of rotatable bonds is 7. The molecule has 1 aliphatic carbocycles. The van der Waals surface area contributed by atoms with Crippen LogP contribution in [0.1, 0.15) is 31.4 Å². The van der Waals surface area contributed by atoms with Gasteiger partial charge in [0, 0.05) is 0 Å². The molecule has 0 aromatic heterocycles. The first kappa shape index (κ1) is 17.2. The zero-order valence-corrected chi connectivity index (χ0v) is 13.6. The van der Waals surface area contributed by atoms with Crippen molar-refractivity contribution in [3.8, 4) is 0 Å². The van der Waals surface area contributed by atoms with Crippen molar-refractivity contribution in [1.29, 1.82) is 0 Å². The first-order valence-corrected chi connectivity index (χ1v) is 7.85. The summed E-state index contributed by atoms with van der Waals surface area (Å²) in [6.45, 7) is 7.51. The lowest BCUT2D eigenvalue weighted by molar-refractivity contribution is -0.155. The Morgan fingerprint density at radius 3 is 2.87 bits per heavy atom. The van der Waals surface area contributed by atoms with Gasteiger partial charge in [-0.25, -0.2) is 4.79 Å². The van der Waals surface area contributed by atoms with E-state index in [1.807, 2.05) is 24.3 Å². The molecule has 0 aliphatic heterocycles. The molecule has 2 atom stereocenters. The van der Waals surface area contributed by atoms with Crippen LogP contribution >= 0.6 is 0 Å². The van der Waals surface area contributed by atoms with E-state index in [1.165, 1.54) is 0 Å². The Labute approximate surface area is 136 Å². The number of hydrogen-bond acceptors (Lipinski definition) is 4. The number of benzene rings is 1. The first-order valence-electron chi connectivity index (χ1n) is 7.85. The molecule has 1 aromatic carbocycles. The fourth-order valence-electron chi connectivity index (χ4n) is 2.86. The summed E-state index contributed by atoms with van der Waals surface area (Å²) in [6.07, 6.45) is 2.12. The van der Waals surface area contributed by atoms with Gasteiger partial charge in [-0.3, -0.25) is 4.79 Å². The molecule has 23 heavy (non-hydrogen) atoms. The Balaban J connectivity index is 2.28. The van der Waals surface area contributed by atoms with Crippen LogP contribution in [0.25, 0.3) is 0 Å². The zero-order valence-electron chi connectivity index (χ0n) is 13.6. The Kier molecular flexibility index (Phi) is 5.55. The summed E-state index contributed by atoms with van der Waals surface area (Å²) >= 11 is 0. The zero-order chi connectivity index (χ0) is 16.9. The highest BCUT2D eigenvalue weighted by molar-refractivity contribution is 5.91. The molecule has 1 aliphatic rings. The Bertz CT molecular complexity index is 598. The molecular formula is C18H23NO4. The van der Waals surface area contributed by atoms with Crippen molar-refractivity contribution in [2.75, 3.05) is 13.2 Å². The number of hydrogen-bond donors (Lipinski definition) is 1. The minimum absolute atomic E-state index is 0.265. The second-order valence-electron chi connectivity index (χ2n) is 5.54. The van der Waals surface area contributed by atoms with Gasteiger partial charge in [0.25, 0.3) is 0 Å². The fraction of sp³-hybridized carbons (Fsp3) is 0.444. The first-order chi connectivity index (χ1) is 11.0. The number of esters is 1. The highest BCUT2D eigenvalue weighted by atomic mass is 16.5. The summed E-state index contributed by atoms with van der Waals surface area (Å²) < 4.78 is 10.6. The van der Waals surface area contributed by atoms with Gasteiger partial charge in [-0.15, -0.1) is 6.58 Å². The van der Waals surface area contributed by atoms with Crippen LogP contribution in [0.15, 0.2) is 36.9 Å². The molecule has 0 saturated carbocycles. The Morgan fingerprint density at radius 2 is 2.17 bits per heavy atom. The molecule has 0 unspecified atom stereocenters. The smallest absolute Gasteiger partial charge is 0.336 e. The summed E-state index contributed by atoms with van der Waals surface area (Å²) in [7, 11) is 0. The van der Waals surface area contributed by atoms with Crippen LogP contribution in [0.4, 0.5) is 0 Å². The van der Waals surface area contributed by atoms with E-state index >= 15 is 0 Å².